The van der Waals surface area contributed by atoms with Crippen molar-refractivity contribution in [3.8, 4) is 0 Å². The van der Waals surface area contributed by atoms with Gasteiger partial charge in [-0.25, -0.2) is 4.98 Å². The normalized spacial score (nSPS) is 18.5. The van der Waals surface area contributed by atoms with Crippen molar-refractivity contribution in [1.82, 2.24) is 15.3 Å². The molecule has 0 spiro atoms. The van der Waals surface area contributed by atoms with E-state index in [1.807, 2.05) is 17.5 Å². The summed E-state index contributed by atoms with van der Waals surface area (Å²) in [4.78, 5) is 24.0. The van der Waals surface area contributed by atoms with E-state index < -0.39 is 0 Å². The van der Waals surface area contributed by atoms with Gasteiger partial charge in [-0.3, -0.25) is 9.78 Å². The highest BCUT2D eigenvalue weighted by atomic mass is 32.1. The number of amides is 1. The van der Waals surface area contributed by atoms with E-state index in [0.717, 1.165) is 31.7 Å². The number of thiophene rings is 1. The van der Waals surface area contributed by atoms with Crippen LogP contribution in [0.1, 0.15) is 17.7 Å². The molecule has 1 amide bonds. The predicted octanol–water partition coefficient (Wildman–Crippen LogP) is 2.07. The van der Waals surface area contributed by atoms with Crippen LogP contribution in [0.5, 0.6) is 0 Å². The number of carbonyl (C=O) groups excluding carboxylic acids is 1. The van der Waals surface area contributed by atoms with Crippen LogP contribution in [0.2, 0.25) is 0 Å². The highest BCUT2D eigenvalue weighted by Gasteiger charge is 2.26. The van der Waals surface area contributed by atoms with Gasteiger partial charge in [0.1, 0.15) is 5.82 Å². The summed E-state index contributed by atoms with van der Waals surface area (Å²) >= 11 is 1.67. The van der Waals surface area contributed by atoms with Gasteiger partial charge >= 0.3 is 0 Å². The number of carbonyl (C=O) groups is 1. The van der Waals surface area contributed by atoms with Crippen LogP contribution in [0.15, 0.2) is 36.1 Å². The summed E-state index contributed by atoms with van der Waals surface area (Å²) in [7, 11) is 0. The van der Waals surface area contributed by atoms with Crippen molar-refractivity contribution < 1.29 is 4.79 Å². The van der Waals surface area contributed by atoms with Crippen molar-refractivity contribution in [2.75, 3.05) is 18.0 Å². The quantitative estimate of drug-likeness (QED) is 0.939. The smallest absolute Gasteiger partial charge is 0.225 e. The number of hydrogen-bond acceptors (Lipinski definition) is 5. The lowest BCUT2D eigenvalue weighted by molar-refractivity contribution is -0.125. The fourth-order valence-corrected chi connectivity index (χ4v) is 3.23. The van der Waals surface area contributed by atoms with Crippen molar-refractivity contribution in [2.24, 2.45) is 5.92 Å². The highest BCUT2D eigenvalue weighted by Crippen LogP contribution is 2.21. The zero-order valence-corrected chi connectivity index (χ0v) is 12.6. The molecule has 0 radical (unpaired) electrons. The second-order valence-electron chi connectivity index (χ2n) is 5.15. The molecular formula is C15H18N4OS. The lowest BCUT2D eigenvalue weighted by Crippen LogP contribution is -2.43. The van der Waals surface area contributed by atoms with E-state index in [-0.39, 0.29) is 11.8 Å². The standard InChI is InChI=1S/C15H18N4OS/c20-15(18-9-13-4-2-8-21-13)12-3-1-7-19(11-12)14-10-16-5-6-17-14/h2,4-6,8,10,12H,1,3,7,9,11H2,(H,18,20). The second-order valence-corrected chi connectivity index (χ2v) is 6.18. The van der Waals surface area contributed by atoms with Crippen LogP contribution in [-0.4, -0.2) is 29.0 Å². The highest BCUT2D eigenvalue weighted by molar-refractivity contribution is 7.09. The third-order valence-corrected chi connectivity index (χ3v) is 4.56. The number of nitrogens with zero attached hydrogens (tertiary/aromatic N) is 3. The van der Waals surface area contributed by atoms with Crippen molar-refractivity contribution >= 4 is 23.1 Å². The van der Waals surface area contributed by atoms with Crippen molar-refractivity contribution in [3.63, 3.8) is 0 Å². The van der Waals surface area contributed by atoms with E-state index in [4.69, 9.17) is 0 Å². The van der Waals surface area contributed by atoms with Crippen LogP contribution in [0.25, 0.3) is 0 Å². The SMILES string of the molecule is O=C(NCc1cccs1)C1CCCN(c2cnccn2)C1. The minimum absolute atomic E-state index is 0.0284. The summed E-state index contributed by atoms with van der Waals surface area (Å²) in [6, 6.07) is 4.04. The van der Waals surface area contributed by atoms with Crippen molar-refractivity contribution in [1.29, 1.82) is 0 Å². The molecule has 1 aliphatic rings. The molecule has 1 fully saturated rings. The molecule has 1 saturated heterocycles. The minimum Gasteiger partial charge on any atom is -0.355 e. The fraction of sp³-hybridized carbons (Fsp3) is 0.400. The first-order valence-corrected chi connectivity index (χ1v) is 8.02. The van der Waals surface area contributed by atoms with E-state index in [1.165, 1.54) is 4.88 Å². The second kappa shape index (κ2) is 6.67. The molecule has 3 rings (SSSR count). The van der Waals surface area contributed by atoms with E-state index in [0.29, 0.717) is 6.54 Å². The topological polar surface area (TPSA) is 58.1 Å². The molecule has 5 nitrogen and oxygen atoms in total. The van der Waals surface area contributed by atoms with Gasteiger partial charge in [0.05, 0.1) is 18.7 Å². The zero-order chi connectivity index (χ0) is 14.5. The van der Waals surface area contributed by atoms with Gasteiger partial charge in [-0.15, -0.1) is 11.3 Å². The van der Waals surface area contributed by atoms with Crippen LogP contribution >= 0.6 is 11.3 Å². The Hall–Kier alpha value is -1.95. The summed E-state index contributed by atoms with van der Waals surface area (Å²) < 4.78 is 0. The van der Waals surface area contributed by atoms with Crippen LogP contribution in [0.3, 0.4) is 0 Å². The first-order chi connectivity index (χ1) is 10.3. The number of anilines is 1. The summed E-state index contributed by atoms with van der Waals surface area (Å²) in [6.45, 7) is 2.28. The molecule has 0 aliphatic carbocycles. The Kier molecular flexibility index (Phi) is 4.45. The number of rotatable bonds is 4. The van der Waals surface area contributed by atoms with E-state index in [9.17, 15) is 4.79 Å². The van der Waals surface area contributed by atoms with Gasteiger partial charge in [0.2, 0.25) is 5.91 Å². The van der Waals surface area contributed by atoms with Gasteiger partial charge in [-0.2, -0.15) is 0 Å². The molecule has 1 unspecified atom stereocenters. The molecule has 21 heavy (non-hydrogen) atoms. The number of hydrogen-bond donors (Lipinski definition) is 1. The maximum atomic E-state index is 12.3. The van der Waals surface area contributed by atoms with E-state index in [1.54, 1.807) is 29.9 Å². The Morgan fingerprint density at radius 2 is 2.43 bits per heavy atom. The molecule has 0 aromatic carbocycles. The molecule has 0 saturated carbocycles. The largest absolute Gasteiger partial charge is 0.355 e. The van der Waals surface area contributed by atoms with Crippen molar-refractivity contribution in [2.45, 2.75) is 19.4 Å². The molecule has 6 heteroatoms. The Morgan fingerprint density at radius 1 is 1.48 bits per heavy atom. The van der Waals surface area contributed by atoms with Gasteiger partial charge in [0.15, 0.2) is 0 Å². The Bertz CT molecular complexity index is 573. The van der Waals surface area contributed by atoms with E-state index >= 15 is 0 Å². The Morgan fingerprint density at radius 3 is 3.19 bits per heavy atom. The molecule has 3 heterocycles. The van der Waals surface area contributed by atoms with Crippen LogP contribution in [0, 0.1) is 5.92 Å². The van der Waals surface area contributed by atoms with Crippen LogP contribution in [-0.2, 0) is 11.3 Å². The van der Waals surface area contributed by atoms with Gasteiger partial charge in [0, 0.05) is 30.4 Å². The van der Waals surface area contributed by atoms with Crippen molar-refractivity contribution in [3.05, 3.63) is 41.0 Å². The monoisotopic (exact) mass is 302 g/mol. The lowest BCUT2D eigenvalue weighted by atomic mass is 9.97. The average molecular weight is 302 g/mol. The van der Waals surface area contributed by atoms with E-state index in [2.05, 4.69) is 20.2 Å². The molecule has 0 bridgehead atoms. The van der Waals surface area contributed by atoms with Gasteiger partial charge < -0.3 is 10.2 Å². The summed E-state index contributed by atoms with van der Waals surface area (Å²) in [5.74, 6) is 1.02. The molecule has 1 atom stereocenters. The Labute approximate surface area is 128 Å². The fourth-order valence-electron chi connectivity index (χ4n) is 2.59. The molecule has 2 aromatic heterocycles. The number of nitrogens with one attached hydrogen (secondary N) is 1. The summed E-state index contributed by atoms with van der Waals surface area (Å²) in [5, 5.41) is 5.06. The average Bonchev–Trinajstić information content (AvgIpc) is 3.07. The van der Waals surface area contributed by atoms with Gasteiger partial charge in [0.25, 0.3) is 0 Å². The molecule has 1 aliphatic heterocycles. The summed E-state index contributed by atoms with van der Waals surface area (Å²) in [5.41, 5.74) is 0. The number of aromatic nitrogens is 2. The maximum Gasteiger partial charge on any atom is 0.225 e. The Balaban J connectivity index is 1.56. The first kappa shape index (κ1) is 14.0. The first-order valence-electron chi connectivity index (χ1n) is 7.14. The summed E-state index contributed by atoms with van der Waals surface area (Å²) in [6.07, 6.45) is 7.06. The predicted molar refractivity (Wildman–Crippen MR) is 83.1 cm³/mol. The van der Waals surface area contributed by atoms with Crippen LogP contribution in [0.4, 0.5) is 5.82 Å². The van der Waals surface area contributed by atoms with Crippen LogP contribution < -0.4 is 10.2 Å². The molecule has 110 valence electrons. The lowest BCUT2D eigenvalue weighted by Gasteiger charge is -2.32. The molecule has 1 N–H and O–H groups in total. The van der Waals surface area contributed by atoms with Gasteiger partial charge in [-0.05, 0) is 24.3 Å². The minimum atomic E-state index is 0.0284. The molecule has 2 aromatic rings. The number of piperidine rings is 1. The maximum absolute atomic E-state index is 12.3. The zero-order valence-electron chi connectivity index (χ0n) is 11.7. The third-order valence-electron chi connectivity index (χ3n) is 3.68. The molecular weight excluding hydrogens is 284 g/mol. The third kappa shape index (κ3) is 3.58. The van der Waals surface area contributed by atoms with Gasteiger partial charge in [-0.1, -0.05) is 6.07 Å².